The van der Waals surface area contributed by atoms with Crippen LogP contribution in [-0.4, -0.2) is 43.5 Å². The fourth-order valence-electron chi connectivity index (χ4n) is 2.51. The van der Waals surface area contributed by atoms with Crippen LogP contribution in [0.4, 0.5) is 5.69 Å². The van der Waals surface area contributed by atoms with Crippen molar-refractivity contribution in [3.63, 3.8) is 0 Å². The summed E-state index contributed by atoms with van der Waals surface area (Å²) in [5, 5.41) is 6.87. The van der Waals surface area contributed by atoms with E-state index in [2.05, 4.69) is 10.6 Å². The van der Waals surface area contributed by atoms with Gasteiger partial charge >= 0.3 is 0 Å². The van der Waals surface area contributed by atoms with E-state index in [1.54, 1.807) is 0 Å². The van der Waals surface area contributed by atoms with Gasteiger partial charge in [-0.2, -0.15) is 0 Å². The third kappa shape index (κ3) is 4.47. The number of nitrogens with zero attached hydrogens (tertiary/aromatic N) is 1. The van der Waals surface area contributed by atoms with Crippen molar-refractivity contribution in [2.24, 2.45) is 0 Å². The summed E-state index contributed by atoms with van der Waals surface area (Å²) in [5.41, 5.74) is 1.76. The number of hydrogen-bond donors (Lipinski definition) is 2. The molecule has 0 bridgehead atoms. The van der Waals surface area contributed by atoms with E-state index in [9.17, 15) is 4.79 Å². The number of aryl methyl sites for hydroxylation is 1. The largest absolute Gasteiger partial charge is 0.324 e. The average molecular weight is 296 g/mol. The first-order chi connectivity index (χ1) is 9.54. The van der Waals surface area contributed by atoms with Crippen molar-refractivity contribution in [3.05, 3.63) is 28.8 Å². The van der Waals surface area contributed by atoms with Gasteiger partial charge in [0.05, 0.1) is 17.3 Å². The topological polar surface area (TPSA) is 44.4 Å². The van der Waals surface area contributed by atoms with Crippen molar-refractivity contribution in [2.45, 2.75) is 25.8 Å². The van der Waals surface area contributed by atoms with Gasteiger partial charge in [0.25, 0.3) is 0 Å². The Morgan fingerprint density at radius 1 is 1.55 bits per heavy atom. The highest BCUT2D eigenvalue weighted by Gasteiger charge is 2.17. The smallest absolute Gasteiger partial charge is 0.238 e. The second-order valence-corrected chi connectivity index (χ2v) is 5.93. The third-order valence-corrected chi connectivity index (χ3v) is 3.82. The van der Waals surface area contributed by atoms with E-state index in [-0.39, 0.29) is 5.91 Å². The molecule has 1 atom stereocenters. The monoisotopic (exact) mass is 295 g/mol. The fraction of sp³-hybridized carbons (Fsp3) is 0.533. The SMILES string of the molecule is Cc1ccc(NC(=O)CN(C)CC2CCCN2)c(Cl)c1. The molecule has 0 aromatic heterocycles. The van der Waals surface area contributed by atoms with Crippen LogP contribution in [-0.2, 0) is 4.79 Å². The van der Waals surface area contributed by atoms with Crippen LogP contribution in [0.1, 0.15) is 18.4 Å². The molecule has 2 rings (SSSR count). The van der Waals surface area contributed by atoms with Crippen LogP contribution in [0.15, 0.2) is 18.2 Å². The Hall–Kier alpha value is -1.10. The molecular formula is C15H22ClN3O. The molecule has 0 aliphatic carbocycles. The molecule has 1 amide bonds. The first-order valence-corrected chi connectivity index (χ1v) is 7.40. The number of likely N-dealkylation sites (N-methyl/N-ethyl adjacent to an activating group) is 1. The second kappa shape index (κ2) is 7.07. The van der Waals surface area contributed by atoms with E-state index >= 15 is 0 Å². The standard InChI is InChI=1S/C15H22ClN3O/c1-11-5-6-14(13(16)8-11)18-15(20)10-19(2)9-12-4-3-7-17-12/h5-6,8,12,17H,3-4,7,9-10H2,1-2H3,(H,18,20). The quantitative estimate of drug-likeness (QED) is 0.876. The van der Waals surface area contributed by atoms with Crippen molar-refractivity contribution in [2.75, 3.05) is 32.0 Å². The van der Waals surface area contributed by atoms with Gasteiger partial charge in [0.2, 0.25) is 5.91 Å². The second-order valence-electron chi connectivity index (χ2n) is 5.52. The number of halogens is 1. The molecule has 1 heterocycles. The third-order valence-electron chi connectivity index (χ3n) is 3.51. The molecule has 4 nitrogen and oxygen atoms in total. The molecule has 20 heavy (non-hydrogen) atoms. The minimum atomic E-state index is -0.0312. The lowest BCUT2D eigenvalue weighted by Crippen LogP contribution is -2.39. The van der Waals surface area contributed by atoms with E-state index in [1.807, 2.05) is 37.1 Å². The molecule has 1 aromatic carbocycles. The molecule has 1 saturated heterocycles. The van der Waals surface area contributed by atoms with Gasteiger partial charge in [0.1, 0.15) is 0 Å². The first kappa shape index (κ1) is 15.3. The Balaban J connectivity index is 1.82. The number of benzene rings is 1. The first-order valence-electron chi connectivity index (χ1n) is 7.02. The van der Waals surface area contributed by atoms with Gasteiger partial charge in [-0.3, -0.25) is 9.69 Å². The average Bonchev–Trinajstić information content (AvgIpc) is 2.85. The minimum Gasteiger partial charge on any atom is -0.324 e. The molecule has 110 valence electrons. The molecular weight excluding hydrogens is 274 g/mol. The maximum Gasteiger partial charge on any atom is 0.238 e. The van der Waals surface area contributed by atoms with Crippen molar-refractivity contribution >= 4 is 23.2 Å². The van der Waals surface area contributed by atoms with Crippen LogP contribution in [0, 0.1) is 6.92 Å². The van der Waals surface area contributed by atoms with Crippen molar-refractivity contribution in [1.82, 2.24) is 10.2 Å². The predicted octanol–water partition coefficient (Wildman–Crippen LogP) is 2.27. The van der Waals surface area contributed by atoms with Gasteiger partial charge in [-0.15, -0.1) is 0 Å². The molecule has 2 N–H and O–H groups in total. The molecule has 0 spiro atoms. The molecule has 1 aromatic rings. The summed E-state index contributed by atoms with van der Waals surface area (Å²) in [6.45, 7) is 4.33. The summed E-state index contributed by atoms with van der Waals surface area (Å²) in [5.74, 6) is -0.0312. The fourth-order valence-corrected chi connectivity index (χ4v) is 2.79. The number of rotatable bonds is 5. The number of carbonyl (C=O) groups excluding carboxylic acids is 1. The Morgan fingerprint density at radius 2 is 2.35 bits per heavy atom. The number of hydrogen-bond acceptors (Lipinski definition) is 3. The predicted molar refractivity (Wildman–Crippen MR) is 83.3 cm³/mol. The number of amides is 1. The van der Waals surface area contributed by atoms with E-state index in [4.69, 9.17) is 11.6 Å². The van der Waals surface area contributed by atoms with Crippen molar-refractivity contribution < 1.29 is 4.79 Å². The molecule has 0 saturated carbocycles. The highest BCUT2D eigenvalue weighted by Crippen LogP contribution is 2.22. The van der Waals surface area contributed by atoms with Crippen LogP contribution in [0.2, 0.25) is 5.02 Å². The minimum absolute atomic E-state index is 0.0312. The summed E-state index contributed by atoms with van der Waals surface area (Å²) in [6.07, 6.45) is 2.42. The van der Waals surface area contributed by atoms with Crippen LogP contribution in [0.25, 0.3) is 0 Å². The molecule has 0 radical (unpaired) electrons. The number of carbonyl (C=O) groups is 1. The Labute approximate surface area is 125 Å². The van der Waals surface area contributed by atoms with Crippen LogP contribution < -0.4 is 10.6 Å². The lowest BCUT2D eigenvalue weighted by molar-refractivity contribution is -0.117. The summed E-state index contributed by atoms with van der Waals surface area (Å²) in [7, 11) is 1.97. The van der Waals surface area contributed by atoms with Gasteiger partial charge < -0.3 is 10.6 Å². The van der Waals surface area contributed by atoms with Crippen LogP contribution in [0.5, 0.6) is 0 Å². The zero-order valence-electron chi connectivity index (χ0n) is 12.1. The van der Waals surface area contributed by atoms with Gasteiger partial charge in [0.15, 0.2) is 0 Å². The lowest BCUT2D eigenvalue weighted by atomic mass is 10.2. The summed E-state index contributed by atoms with van der Waals surface area (Å²) < 4.78 is 0. The van der Waals surface area contributed by atoms with Gasteiger partial charge in [-0.05, 0) is 51.1 Å². The number of anilines is 1. The van der Waals surface area contributed by atoms with Crippen molar-refractivity contribution in [3.8, 4) is 0 Å². The van der Waals surface area contributed by atoms with Gasteiger partial charge in [-0.1, -0.05) is 17.7 Å². The maximum atomic E-state index is 12.0. The molecule has 1 unspecified atom stereocenters. The summed E-state index contributed by atoms with van der Waals surface area (Å²) >= 11 is 6.11. The normalized spacial score (nSPS) is 18.5. The van der Waals surface area contributed by atoms with Crippen LogP contribution >= 0.6 is 11.6 Å². The molecule has 5 heteroatoms. The summed E-state index contributed by atoms with van der Waals surface area (Å²) in [4.78, 5) is 14.0. The van der Waals surface area contributed by atoms with E-state index in [1.165, 1.54) is 12.8 Å². The van der Waals surface area contributed by atoms with Gasteiger partial charge in [0, 0.05) is 12.6 Å². The Bertz CT molecular complexity index is 472. The van der Waals surface area contributed by atoms with E-state index in [0.717, 1.165) is 18.7 Å². The Kier molecular flexibility index (Phi) is 5.40. The zero-order valence-corrected chi connectivity index (χ0v) is 12.8. The van der Waals surface area contributed by atoms with Crippen LogP contribution in [0.3, 0.4) is 0 Å². The molecule has 1 aliphatic rings. The molecule has 1 aliphatic heterocycles. The van der Waals surface area contributed by atoms with Gasteiger partial charge in [-0.25, -0.2) is 0 Å². The highest BCUT2D eigenvalue weighted by molar-refractivity contribution is 6.33. The highest BCUT2D eigenvalue weighted by atomic mass is 35.5. The lowest BCUT2D eigenvalue weighted by Gasteiger charge is -2.20. The zero-order chi connectivity index (χ0) is 14.5. The Morgan fingerprint density at radius 3 is 3.00 bits per heavy atom. The number of nitrogens with one attached hydrogen (secondary N) is 2. The van der Waals surface area contributed by atoms with E-state index < -0.39 is 0 Å². The van der Waals surface area contributed by atoms with Crippen molar-refractivity contribution in [1.29, 1.82) is 0 Å². The van der Waals surface area contributed by atoms with E-state index in [0.29, 0.717) is 23.3 Å². The molecule has 1 fully saturated rings. The summed E-state index contributed by atoms with van der Waals surface area (Å²) in [6, 6.07) is 6.14. The maximum absolute atomic E-state index is 12.0.